The Labute approximate surface area is 197 Å². The summed E-state index contributed by atoms with van der Waals surface area (Å²) in [7, 11) is -3.92. The number of ether oxygens (including phenoxy) is 1. The fraction of sp³-hybridized carbons (Fsp3) is 0.476. The van der Waals surface area contributed by atoms with Gasteiger partial charge in [-0.1, -0.05) is 24.3 Å². The Morgan fingerprint density at radius 3 is 2.38 bits per heavy atom. The average Bonchev–Trinajstić information content (AvgIpc) is 3.26. The van der Waals surface area contributed by atoms with Crippen LogP contribution in [0.3, 0.4) is 0 Å². The molecule has 2 heterocycles. The highest BCUT2D eigenvalue weighted by Crippen LogP contribution is 2.33. The van der Waals surface area contributed by atoms with E-state index < -0.39 is 43.9 Å². The molecule has 1 aliphatic heterocycles. The van der Waals surface area contributed by atoms with Crippen LogP contribution in [0, 0.1) is 10.1 Å². The molecule has 3 rings (SSSR count). The molecule has 1 saturated heterocycles. The minimum Gasteiger partial charge on any atom is -0.465 e. The van der Waals surface area contributed by atoms with E-state index in [1.807, 2.05) is 24.3 Å². The summed E-state index contributed by atoms with van der Waals surface area (Å²) < 4.78 is 29.1. The Balaban J connectivity index is 1.97. The van der Waals surface area contributed by atoms with Gasteiger partial charge >= 0.3 is 11.7 Å². The van der Waals surface area contributed by atoms with Gasteiger partial charge in [-0.3, -0.25) is 19.8 Å². The Hall–Kier alpha value is -3.32. The Morgan fingerprint density at radius 2 is 1.82 bits per heavy atom. The quantitative estimate of drug-likeness (QED) is 0.221. The van der Waals surface area contributed by atoms with Crippen LogP contribution in [0.2, 0.25) is 0 Å². The number of hydrogen-bond acceptors (Lipinski definition) is 11. The zero-order valence-electron chi connectivity index (χ0n) is 19.1. The first-order chi connectivity index (χ1) is 16.1. The zero-order valence-corrected chi connectivity index (χ0v) is 20.0. The molecule has 0 radical (unpaired) electrons. The number of nitrogens with zero attached hydrogens (tertiary/aromatic N) is 5. The third-order valence-corrected chi connectivity index (χ3v) is 6.16. The number of esters is 1. The van der Waals surface area contributed by atoms with Gasteiger partial charge < -0.3 is 15.4 Å². The predicted octanol–water partition coefficient (Wildman–Crippen LogP) is 1.54. The van der Waals surface area contributed by atoms with Crippen molar-refractivity contribution in [2.75, 3.05) is 43.1 Å². The molecule has 0 amide bonds. The lowest BCUT2D eigenvalue weighted by molar-refractivity contribution is -0.383. The molecule has 13 heteroatoms. The SMILES string of the molecule is CCOC(=O)CN(Cc1ccc(CN2CCCC2)cc1)c1nc(S(C)(=O)=O)nc(N)c1[N+](=O)[O-]. The molecule has 1 fully saturated rings. The predicted molar refractivity (Wildman–Crippen MR) is 125 cm³/mol. The number of nitrogens with two attached hydrogens (primary N) is 1. The van der Waals surface area contributed by atoms with E-state index in [4.69, 9.17) is 10.5 Å². The van der Waals surface area contributed by atoms with Gasteiger partial charge in [-0.05, 0) is 44.0 Å². The summed E-state index contributed by atoms with van der Waals surface area (Å²) >= 11 is 0. The van der Waals surface area contributed by atoms with E-state index in [2.05, 4.69) is 14.9 Å². The van der Waals surface area contributed by atoms with Crippen molar-refractivity contribution in [3.63, 3.8) is 0 Å². The first-order valence-electron chi connectivity index (χ1n) is 10.8. The molecule has 1 aromatic carbocycles. The van der Waals surface area contributed by atoms with Gasteiger partial charge in [0.15, 0.2) is 0 Å². The average molecular weight is 493 g/mol. The second-order valence-corrected chi connectivity index (χ2v) is 9.96. The number of nitrogen functional groups attached to an aromatic ring is 1. The molecule has 12 nitrogen and oxygen atoms in total. The lowest BCUT2D eigenvalue weighted by Gasteiger charge is -2.23. The van der Waals surface area contributed by atoms with Gasteiger partial charge in [0.05, 0.1) is 11.5 Å². The molecule has 0 spiro atoms. The van der Waals surface area contributed by atoms with E-state index >= 15 is 0 Å². The van der Waals surface area contributed by atoms with Crippen LogP contribution in [0.4, 0.5) is 17.3 Å². The van der Waals surface area contributed by atoms with Crippen molar-refractivity contribution in [1.29, 1.82) is 0 Å². The standard InChI is InChI=1S/C21H28N6O6S/c1-3-33-17(28)14-26(13-16-8-6-15(7-9-16)12-25-10-4-5-11-25)20-18(27(29)30)19(22)23-21(24-20)34(2,31)32/h6-9H,3-5,10-14H2,1-2H3,(H2,22,23,24). The van der Waals surface area contributed by atoms with Gasteiger partial charge in [0.25, 0.3) is 5.16 Å². The molecule has 0 bridgehead atoms. The zero-order chi connectivity index (χ0) is 24.9. The summed E-state index contributed by atoms with van der Waals surface area (Å²) in [5, 5.41) is 11.1. The Bertz CT molecular complexity index is 1150. The van der Waals surface area contributed by atoms with E-state index in [-0.39, 0.29) is 19.0 Å². The van der Waals surface area contributed by atoms with Crippen LogP contribution < -0.4 is 10.6 Å². The van der Waals surface area contributed by atoms with E-state index in [1.165, 1.54) is 17.7 Å². The number of nitro groups is 1. The number of carbonyl (C=O) groups is 1. The Morgan fingerprint density at radius 1 is 1.21 bits per heavy atom. The minimum absolute atomic E-state index is 0.0311. The van der Waals surface area contributed by atoms with Gasteiger partial charge in [-0.25, -0.2) is 8.42 Å². The Kier molecular flexibility index (Phi) is 7.99. The summed E-state index contributed by atoms with van der Waals surface area (Å²) in [6.45, 7) is 4.34. The fourth-order valence-corrected chi connectivity index (χ4v) is 4.25. The molecule has 0 aliphatic carbocycles. The van der Waals surface area contributed by atoms with Crippen molar-refractivity contribution < 1.29 is 22.9 Å². The topological polar surface area (TPSA) is 162 Å². The van der Waals surface area contributed by atoms with Crippen LogP contribution in [0.15, 0.2) is 29.4 Å². The highest BCUT2D eigenvalue weighted by atomic mass is 32.2. The second-order valence-electron chi connectivity index (χ2n) is 8.05. The smallest absolute Gasteiger partial charge is 0.353 e. The van der Waals surface area contributed by atoms with Crippen molar-refractivity contribution in [2.24, 2.45) is 0 Å². The van der Waals surface area contributed by atoms with E-state index in [0.29, 0.717) is 0 Å². The number of aromatic nitrogens is 2. The first kappa shape index (κ1) is 25.3. The summed E-state index contributed by atoms with van der Waals surface area (Å²) in [5.41, 5.74) is 6.92. The van der Waals surface area contributed by atoms with Crippen molar-refractivity contribution in [2.45, 2.75) is 38.0 Å². The number of carbonyl (C=O) groups excluding carboxylic acids is 1. The van der Waals surface area contributed by atoms with Gasteiger partial charge in [-0.2, -0.15) is 9.97 Å². The number of hydrogen-bond donors (Lipinski definition) is 1. The third kappa shape index (κ3) is 6.38. The van der Waals surface area contributed by atoms with Crippen LogP contribution in [-0.2, 0) is 32.5 Å². The monoisotopic (exact) mass is 492 g/mol. The van der Waals surface area contributed by atoms with Crippen LogP contribution in [0.1, 0.15) is 30.9 Å². The van der Waals surface area contributed by atoms with Crippen LogP contribution >= 0.6 is 0 Å². The molecular weight excluding hydrogens is 464 g/mol. The van der Waals surface area contributed by atoms with Gasteiger partial charge in [0.1, 0.15) is 6.54 Å². The maximum atomic E-state index is 12.3. The normalized spacial score (nSPS) is 14.2. The maximum Gasteiger partial charge on any atom is 0.353 e. The summed E-state index contributed by atoms with van der Waals surface area (Å²) in [6.07, 6.45) is 3.25. The molecule has 184 valence electrons. The molecular formula is C21H28N6O6S. The molecule has 1 aliphatic rings. The van der Waals surface area contributed by atoms with Crippen molar-refractivity contribution in [3.05, 3.63) is 45.5 Å². The van der Waals surface area contributed by atoms with Gasteiger partial charge in [0.2, 0.25) is 21.5 Å². The highest BCUT2D eigenvalue weighted by molar-refractivity contribution is 7.90. The van der Waals surface area contributed by atoms with Crippen LogP contribution in [-0.4, -0.2) is 66.7 Å². The molecule has 0 saturated carbocycles. The van der Waals surface area contributed by atoms with Gasteiger partial charge in [0, 0.05) is 19.3 Å². The maximum absolute atomic E-state index is 12.3. The molecule has 1 aromatic heterocycles. The van der Waals surface area contributed by atoms with Crippen molar-refractivity contribution in [3.8, 4) is 0 Å². The van der Waals surface area contributed by atoms with E-state index in [9.17, 15) is 23.3 Å². The minimum atomic E-state index is -3.92. The first-order valence-corrected chi connectivity index (χ1v) is 12.7. The molecule has 0 unspecified atom stereocenters. The fourth-order valence-electron chi connectivity index (χ4n) is 3.74. The van der Waals surface area contributed by atoms with Crippen LogP contribution in [0.25, 0.3) is 0 Å². The number of rotatable bonds is 10. The second kappa shape index (κ2) is 10.7. The lowest BCUT2D eigenvalue weighted by atomic mass is 10.1. The number of sulfone groups is 1. The van der Waals surface area contributed by atoms with Crippen molar-refractivity contribution in [1.82, 2.24) is 14.9 Å². The highest BCUT2D eigenvalue weighted by Gasteiger charge is 2.31. The van der Waals surface area contributed by atoms with E-state index in [1.54, 1.807) is 6.92 Å². The summed E-state index contributed by atoms with van der Waals surface area (Å²) in [4.78, 5) is 34.3. The number of likely N-dealkylation sites (tertiary alicyclic amines) is 1. The summed E-state index contributed by atoms with van der Waals surface area (Å²) in [6, 6.07) is 7.64. The number of anilines is 2. The third-order valence-electron chi connectivity index (χ3n) is 5.31. The largest absolute Gasteiger partial charge is 0.465 e. The molecule has 2 aromatic rings. The van der Waals surface area contributed by atoms with Crippen molar-refractivity contribution >= 4 is 33.1 Å². The van der Waals surface area contributed by atoms with E-state index in [0.717, 1.165) is 37.0 Å². The summed E-state index contributed by atoms with van der Waals surface area (Å²) in [5.74, 6) is -1.63. The molecule has 2 N–H and O–H groups in total. The number of benzene rings is 1. The van der Waals surface area contributed by atoms with Gasteiger partial charge in [-0.15, -0.1) is 0 Å². The lowest BCUT2D eigenvalue weighted by Crippen LogP contribution is -2.32. The molecule has 34 heavy (non-hydrogen) atoms. The van der Waals surface area contributed by atoms with Crippen LogP contribution in [0.5, 0.6) is 0 Å². The molecule has 0 atom stereocenters.